The Morgan fingerprint density at radius 3 is 2.64 bits per heavy atom. The van der Waals surface area contributed by atoms with E-state index in [1.165, 1.54) is 34.2 Å². The van der Waals surface area contributed by atoms with Crippen LogP contribution in [0.2, 0.25) is 0 Å². The molecule has 6 nitrogen and oxygen atoms in total. The molecular weight excluding hydrogens is 430 g/mol. The summed E-state index contributed by atoms with van der Waals surface area (Å²) in [7, 11) is 0. The lowest BCUT2D eigenvalue weighted by atomic mass is 9.96. The van der Waals surface area contributed by atoms with E-state index >= 15 is 0 Å². The summed E-state index contributed by atoms with van der Waals surface area (Å²) >= 11 is 1.87. The molecule has 1 N–H and O–H groups in total. The molecule has 2 aromatic heterocycles. The molecule has 5 rings (SSSR count). The zero-order chi connectivity index (χ0) is 22.6. The van der Waals surface area contributed by atoms with Crippen molar-refractivity contribution in [2.45, 2.75) is 51.9 Å². The van der Waals surface area contributed by atoms with Gasteiger partial charge >= 0.3 is 6.03 Å². The van der Waals surface area contributed by atoms with E-state index < -0.39 is 0 Å². The molecule has 1 fully saturated rings. The Morgan fingerprint density at radius 2 is 1.85 bits per heavy atom. The van der Waals surface area contributed by atoms with Crippen LogP contribution in [0.1, 0.15) is 54.4 Å². The zero-order valence-electron chi connectivity index (χ0n) is 19.5. The normalized spacial score (nSPS) is 16.2. The number of anilines is 1. The van der Waals surface area contributed by atoms with E-state index in [1.807, 2.05) is 22.3 Å². The third-order valence-corrected chi connectivity index (χ3v) is 7.91. The van der Waals surface area contributed by atoms with Crippen LogP contribution in [0.3, 0.4) is 0 Å². The number of benzene rings is 1. The van der Waals surface area contributed by atoms with Gasteiger partial charge in [0.25, 0.3) is 0 Å². The van der Waals surface area contributed by atoms with Crippen molar-refractivity contribution in [3.05, 3.63) is 52.2 Å². The van der Waals surface area contributed by atoms with Gasteiger partial charge in [-0.15, -0.1) is 11.3 Å². The fourth-order valence-corrected chi connectivity index (χ4v) is 6.15. The van der Waals surface area contributed by atoms with Gasteiger partial charge < -0.3 is 15.1 Å². The molecule has 0 saturated carbocycles. The zero-order valence-corrected chi connectivity index (χ0v) is 20.3. The van der Waals surface area contributed by atoms with Crippen LogP contribution in [-0.2, 0) is 19.3 Å². The van der Waals surface area contributed by atoms with E-state index in [0.29, 0.717) is 0 Å². The average Bonchev–Trinajstić information content (AvgIpc) is 3.23. The number of amides is 2. The predicted octanol–water partition coefficient (Wildman–Crippen LogP) is 4.79. The highest BCUT2D eigenvalue weighted by Gasteiger charge is 2.27. The number of rotatable bonds is 6. The van der Waals surface area contributed by atoms with Crippen molar-refractivity contribution in [3.63, 3.8) is 0 Å². The van der Waals surface area contributed by atoms with E-state index in [0.717, 1.165) is 81.3 Å². The van der Waals surface area contributed by atoms with Gasteiger partial charge in [0, 0.05) is 44.0 Å². The Balaban J connectivity index is 1.41. The Labute approximate surface area is 200 Å². The van der Waals surface area contributed by atoms with Gasteiger partial charge in [-0.2, -0.15) is 0 Å². The summed E-state index contributed by atoms with van der Waals surface area (Å²) in [6.45, 7) is 5.97. The van der Waals surface area contributed by atoms with E-state index in [2.05, 4.69) is 41.4 Å². The number of urea groups is 1. The highest BCUT2D eigenvalue weighted by Crippen LogP contribution is 2.40. The van der Waals surface area contributed by atoms with Crippen molar-refractivity contribution in [3.8, 4) is 0 Å². The van der Waals surface area contributed by atoms with Crippen LogP contribution in [0, 0.1) is 0 Å². The Hall–Kier alpha value is -2.67. The molecule has 0 unspecified atom stereocenters. The number of thiophene rings is 1. The third kappa shape index (κ3) is 4.83. The first kappa shape index (κ1) is 22.1. The molecule has 0 radical (unpaired) electrons. The molecule has 1 aliphatic heterocycles. The quantitative estimate of drug-likeness (QED) is 0.534. The number of hydrogen-bond donors (Lipinski definition) is 1. The number of nitrogens with one attached hydrogen (secondary N) is 1. The lowest BCUT2D eigenvalue weighted by Gasteiger charge is -2.36. The summed E-state index contributed by atoms with van der Waals surface area (Å²) in [5, 5.41) is 4.33. The van der Waals surface area contributed by atoms with Gasteiger partial charge in [-0.25, -0.2) is 14.8 Å². The molecule has 1 aliphatic carbocycles. The summed E-state index contributed by atoms with van der Waals surface area (Å²) in [5.74, 6) is 1.97. The molecule has 7 heteroatoms. The van der Waals surface area contributed by atoms with Gasteiger partial charge in [-0.3, -0.25) is 0 Å². The second kappa shape index (κ2) is 10.1. The highest BCUT2D eigenvalue weighted by atomic mass is 32.1. The van der Waals surface area contributed by atoms with Crippen LogP contribution in [0.4, 0.5) is 10.6 Å². The predicted molar refractivity (Wildman–Crippen MR) is 135 cm³/mol. The van der Waals surface area contributed by atoms with Gasteiger partial charge in [0.1, 0.15) is 16.5 Å². The maximum Gasteiger partial charge on any atom is 0.317 e. The maximum atomic E-state index is 12.5. The Bertz CT molecular complexity index is 1100. The molecule has 3 aromatic rings. The number of hydrogen-bond acceptors (Lipinski definition) is 5. The minimum atomic E-state index is 0.0635. The first-order valence-electron chi connectivity index (χ1n) is 12.4. The molecule has 33 heavy (non-hydrogen) atoms. The van der Waals surface area contributed by atoms with Crippen LogP contribution in [0.5, 0.6) is 0 Å². The summed E-state index contributed by atoms with van der Waals surface area (Å²) < 4.78 is 0. The molecule has 1 aromatic carbocycles. The number of carbonyl (C=O) groups excluding carboxylic acids is 1. The number of aryl methyl sites for hydroxylation is 2. The van der Waals surface area contributed by atoms with Crippen molar-refractivity contribution in [2.75, 3.05) is 37.6 Å². The number of piperazine rings is 1. The van der Waals surface area contributed by atoms with Gasteiger partial charge in [0.05, 0.1) is 5.39 Å². The average molecular weight is 464 g/mol. The topological polar surface area (TPSA) is 61.4 Å². The second-order valence-electron chi connectivity index (χ2n) is 9.08. The minimum Gasteiger partial charge on any atom is -0.352 e. The summed E-state index contributed by atoms with van der Waals surface area (Å²) in [4.78, 5) is 29.6. The van der Waals surface area contributed by atoms with Crippen molar-refractivity contribution >= 4 is 33.4 Å². The lowest BCUT2D eigenvalue weighted by molar-refractivity contribution is 0.194. The molecule has 3 heterocycles. The number of carbonyl (C=O) groups is 1. The van der Waals surface area contributed by atoms with Crippen molar-refractivity contribution in [1.29, 1.82) is 0 Å². The van der Waals surface area contributed by atoms with E-state index in [1.54, 1.807) is 0 Å². The summed E-state index contributed by atoms with van der Waals surface area (Å²) in [5.41, 5.74) is 2.71. The maximum absolute atomic E-state index is 12.5. The molecule has 1 saturated heterocycles. The van der Waals surface area contributed by atoms with E-state index in [9.17, 15) is 4.79 Å². The molecule has 2 amide bonds. The van der Waals surface area contributed by atoms with Crippen LogP contribution in [0.15, 0.2) is 30.3 Å². The first-order valence-corrected chi connectivity index (χ1v) is 13.2. The van der Waals surface area contributed by atoms with Crippen LogP contribution < -0.4 is 10.2 Å². The minimum absolute atomic E-state index is 0.0635. The van der Waals surface area contributed by atoms with Crippen molar-refractivity contribution < 1.29 is 4.79 Å². The molecule has 2 aliphatic rings. The standard InChI is InChI=1S/C26H33N5OS/c1-2-3-13-27-26(32)31-16-14-30(15-17-31)24-23-20-11-7-8-12-21(20)33-25(23)29-22(28-24)18-19-9-5-4-6-10-19/h4-6,9-10H,2-3,7-8,11-18H2,1H3,(H,27,32). The number of aromatic nitrogens is 2. The van der Waals surface area contributed by atoms with Gasteiger partial charge in [-0.1, -0.05) is 43.7 Å². The highest BCUT2D eigenvalue weighted by molar-refractivity contribution is 7.19. The first-order chi connectivity index (χ1) is 16.2. The number of fused-ring (bicyclic) bond motifs is 3. The lowest BCUT2D eigenvalue weighted by Crippen LogP contribution is -2.52. The SMILES string of the molecule is CCCCNC(=O)N1CCN(c2nc(Cc3ccccc3)nc3sc4c(c23)CCCC4)CC1. The van der Waals surface area contributed by atoms with Crippen LogP contribution in [-0.4, -0.2) is 53.6 Å². The number of nitrogens with zero attached hydrogens (tertiary/aromatic N) is 4. The largest absolute Gasteiger partial charge is 0.352 e. The van der Waals surface area contributed by atoms with E-state index in [-0.39, 0.29) is 6.03 Å². The van der Waals surface area contributed by atoms with Crippen molar-refractivity contribution in [2.24, 2.45) is 0 Å². The van der Waals surface area contributed by atoms with Gasteiger partial charge in [0.15, 0.2) is 0 Å². The van der Waals surface area contributed by atoms with Gasteiger partial charge in [0.2, 0.25) is 0 Å². The molecule has 0 atom stereocenters. The van der Waals surface area contributed by atoms with Gasteiger partial charge in [-0.05, 0) is 43.2 Å². The van der Waals surface area contributed by atoms with Crippen LogP contribution in [0.25, 0.3) is 10.2 Å². The fourth-order valence-electron chi connectivity index (χ4n) is 4.87. The summed E-state index contributed by atoms with van der Waals surface area (Å²) in [6, 6.07) is 10.5. The second-order valence-corrected chi connectivity index (χ2v) is 10.2. The Morgan fingerprint density at radius 1 is 1.06 bits per heavy atom. The third-order valence-electron chi connectivity index (χ3n) is 6.72. The number of unbranched alkanes of at least 4 members (excludes halogenated alkanes) is 1. The monoisotopic (exact) mass is 463 g/mol. The summed E-state index contributed by atoms with van der Waals surface area (Å²) in [6.07, 6.45) is 7.67. The Kier molecular flexibility index (Phi) is 6.76. The van der Waals surface area contributed by atoms with Crippen LogP contribution >= 0.6 is 11.3 Å². The van der Waals surface area contributed by atoms with E-state index in [4.69, 9.17) is 9.97 Å². The molecule has 0 spiro atoms. The van der Waals surface area contributed by atoms with Crippen molar-refractivity contribution in [1.82, 2.24) is 20.2 Å². The molecular formula is C26H33N5OS. The molecule has 174 valence electrons. The smallest absolute Gasteiger partial charge is 0.317 e. The fraction of sp³-hybridized carbons (Fsp3) is 0.500. The molecule has 0 bridgehead atoms.